The van der Waals surface area contributed by atoms with Crippen LogP contribution < -0.4 is 11.1 Å². The molecule has 0 unspecified atom stereocenters. The molecular formula is C13H13N5O. The molecule has 6 nitrogen and oxygen atoms in total. The first-order chi connectivity index (χ1) is 9.13. The smallest absolute Gasteiger partial charge is 0.273 e. The van der Waals surface area contributed by atoms with Gasteiger partial charge in [0.05, 0.1) is 11.2 Å². The number of H-pyrrole nitrogens is 1. The number of amides is 1. The molecule has 0 atom stereocenters. The van der Waals surface area contributed by atoms with Crippen molar-refractivity contribution in [2.24, 2.45) is 7.05 Å². The average molecular weight is 255 g/mol. The molecule has 19 heavy (non-hydrogen) atoms. The van der Waals surface area contributed by atoms with Gasteiger partial charge in [0.2, 0.25) is 0 Å². The Bertz CT molecular complexity index is 755. The maximum Gasteiger partial charge on any atom is 0.273 e. The largest absolute Gasteiger partial charge is 0.397 e. The second-order valence-electron chi connectivity index (χ2n) is 4.32. The number of benzene rings is 1. The minimum absolute atomic E-state index is 0.241. The van der Waals surface area contributed by atoms with E-state index in [-0.39, 0.29) is 5.91 Å². The number of aromatic amines is 1. The molecule has 4 N–H and O–H groups in total. The molecule has 0 aliphatic carbocycles. The number of nitrogens with one attached hydrogen (secondary N) is 2. The van der Waals surface area contributed by atoms with Crippen molar-refractivity contribution in [3.05, 3.63) is 42.2 Å². The fourth-order valence-corrected chi connectivity index (χ4v) is 1.97. The van der Waals surface area contributed by atoms with Crippen LogP contribution in [-0.4, -0.2) is 20.7 Å². The average Bonchev–Trinajstić information content (AvgIpc) is 2.96. The van der Waals surface area contributed by atoms with Gasteiger partial charge in [-0.3, -0.25) is 9.48 Å². The summed E-state index contributed by atoms with van der Waals surface area (Å²) in [5.74, 6) is 0.272. The van der Waals surface area contributed by atoms with E-state index in [0.717, 1.165) is 10.9 Å². The van der Waals surface area contributed by atoms with Gasteiger partial charge in [-0.2, -0.15) is 5.10 Å². The molecule has 1 aromatic carbocycles. The number of para-hydroxylation sites is 1. The summed E-state index contributed by atoms with van der Waals surface area (Å²) in [5, 5.41) is 7.72. The predicted octanol–water partition coefficient (Wildman–Crippen LogP) is 1.74. The summed E-state index contributed by atoms with van der Waals surface area (Å²) < 4.78 is 1.62. The Labute approximate surface area is 109 Å². The topological polar surface area (TPSA) is 88.7 Å². The van der Waals surface area contributed by atoms with Crippen molar-refractivity contribution in [1.29, 1.82) is 0 Å². The number of fused-ring (bicyclic) bond motifs is 1. The predicted molar refractivity (Wildman–Crippen MR) is 73.9 cm³/mol. The van der Waals surface area contributed by atoms with Gasteiger partial charge in [0.25, 0.3) is 5.91 Å². The number of hydrogen-bond acceptors (Lipinski definition) is 3. The standard InChI is InChI=1S/C13H13N5O/c1-18-6-5-11(17-18)16-13(19)10-7-8-3-2-4-9(14)12(8)15-10/h2-7,15H,14H2,1H3,(H,16,17,19). The fourth-order valence-electron chi connectivity index (χ4n) is 1.97. The van der Waals surface area contributed by atoms with Gasteiger partial charge in [0, 0.05) is 24.7 Å². The van der Waals surface area contributed by atoms with E-state index >= 15 is 0 Å². The molecule has 0 radical (unpaired) electrons. The van der Waals surface area contributed by atoms with Crippen molar-refractivity contribution < 1.29 is 4.79 Å². The third kappa shape index (κ3) is 2.03. The van der Waals surface area contributed by atoms with Crippen LogP contribution in [0.1, 0.15) is 10.5 Å². The van der Waals surface area contributed by atoms with E-state index in [1.807, 2.05) is 12.1 Å². The van der Waals surface area contributed by atoms with Gasteiger partial charge in [0.15, 0.2) is 5.82 Å². The van der Waals surface area contributed by atoms with Gasteiger partial charge in [-0.05, 0) is 12.1 Å². The lowest BCUT2D eigenvalue weighted by Gasteiger charge is -1.98. The molecule has 0 fully saturated rings. The maximum absolute atomic E-state index is 12.1. The number of nitrogens with zero attached hydrogens (tertiary/aromatic N) is 2. The number of hydrogen-bond donors (Lipinski definition) is 3. The van der Waals surface area contributed by atoms with Crippen molar-refractivity contribution in [1.82, 2.24) is 14.8 Å². The van der Waals surface area contributed by atoms with E-state index < -0.39 is 0 Å². The second-order valence-corrected chi connectivity index (χ2v) is 4.32. The number of aryl methyl sites for hydroxylation is 1. The van der Waals surface area contributed by atoms with Gasteiger partial charge < -0.3 is 16.0 Å². The van der Waals surface area contributed by atoms with E-state index in [0.29, 0.717) is 17.2 Å². The monoisotopic (exact) mass is 255 g/mol. The molecule has 0 aliphatic heterocycles. The Morgan fingerprint density at radius 3 is 2.95 bits per heavy atom. The first-order valence-electron chi connectivity index (χ1n) is 5.82. The van der Waals surface area contributed by atoms with E-state index in [1.165, 1.54) is 0 Å². The van der Waals surface area contributed by atoms with Crippen molar-refractivity contribution in [3.8, 4) is 0 Å². The molecule has 6 heteroatoms. The highest BCUT2D eigenvalue weighted by Crippen LogP contribution is 2.21. The number of carbonyl (C=O) groups excluding carboxylic acids is 1. The molecule has 0 aliphatic rings. The molecule has 2 heterocycles. The van der Waals surface area contributed by atoms with Crippen LogP contribution in [-0.2, 0) is 7.05 Å². The van der Waals surface area contributed by atoms with E-state index in [1.54, 1.807) is 36.1 Å². The molecule has 3 aromatic rings. The number of nitrogen functional groups attached to an aromatic ring is 1. The molecule has 96 valence electrons. The molecule has 0 saturated carbocycles. The van der Waals surface area contributed by atoms with Crippen LogP contribution in [0.25, 0.3) is 10.9 Å². The third-order valence-electron chi connectivity index (χ3n) is 2.89. The van der Waals surface area contributed by atoms with Crippen LogP contribution in [0.5, 0.6) is 0 Å². The van der Waals surface area contributed by atoms with Crippen LogP contribution in [0, 0.1) is 0 Å². The van der Waals surface area contributed by atoms with Crippen LogP contribution in [0.3, 0.4) is 0 Å². The summed E-state index contributed by atoms with van der Waals surface area (Å²) in [6, 6.07) is 9.05. The number of aromatic nitrogens is 3. The summed E-state index contributed by atoms with van der Waals surface area (Å²) in [5.41, 5.74) is 7.70. The summed E-state index contributed by atoms with van der Waals surface area (Å²) in [6.45, 7) is 0. The summed E-state index contributed by atoms with van der Waals surface area (Å²) in [7, 11) is 1.79. The maximum atomic E-state index is 12.1. The van der Waals surface area contributed by atoms with Crippen molar-refractivity contribution in [2.75, 3.05) is 11.1 Å². The number of rotatable bonds is 2. The zero-order valence-electron chi connectivity index (χ0n) is 10.3. The third-order valence-corrected chi connectivity index (χ3v) is 2.89. The van der Waals surface area contributed by atoms with E-state index in [4.69, 9.17) is 5.73 Å². The van der Waals surface area contributed by atoms with Gasteiger partial charge >= 0.3 is 0 Å². The first-order valence-corrected chi connectivity index (χ1v) is 5.82. The minimum Gasteiger partial charge on any atom is -0.397 e. The molecule has 3 rings (SSSR count). The summed E-state index contributed by atoms with van der Waals surface area (Å²) >= 11 is 0. The van der Waals surface area contributed by atoms with Crippen LogP contribution >= 0.6 is 0 Å². The molecule has 0 spiro atoms. The normalized spacial score (nSPS) is 10.8. The van der Waals surface area contributed by atoms with Gasteiger partial charge in [0.1, 0.15) is 5.69 Å². The summed E-state index contributed by atoms with van der Waals surface area (Å²) in [4.78, 5) is 15.1. The Hall–Kier alpha value is -2.76. The lowest BCUT2D eigenvalue weighted by atomic mass is 10.2. The lowest BCUT2D eigenvalue weighted by molar-refractivity contribution is 0.102. The van der Waals surface area contributed by atoms with Gasteiger partial charge in [-0.1, -0.05) is 12.1 Å². The number of carbonyl (C=O) groups is 1. The Morgan fingerprint density at radius 1 is 1.42 bits per heavy atom. The van der Waals surface area contributed by atoms with Crippen LogP contribution in [0.4, 0.5) is 11.5 Å². The quantitative estimate of drug-likeness (QED) is 0.609. The lowest BCUT2D eigenvalue weighted by Crippen LogP contribution is -2.12. The van der Waals surface area contributed by atoms with Crippen molar-refractivity contribution in [2.45, 2.75) is 0 Å². The van der Waals surface area contributed by atoms with E-state index in [2.05, 4.69) is 15.4 Å². The highest BCUT2D eigenvalue weighted by Gasteiger charge is 2.11. The first kappa shape index (κ1) is 11.3. The minimum atomic E-state index is -0.241. The van der Waals surface area contributed by atoms with Gasteiger partial charge in [-0.15, -0.1) is 0 Å². The highest BCUT2D eigenvalue weighted by atomic mass is 16.2. The SMILES string of the molecule is Cn1ccc(NC(=O)c2cc3cccc(N)c3[nH]2)n1. The molecular weight excluding hydrogens is 242 g/mol. The summed E-state index contributed by atoms with van der Waals surface area (Å²) in [6.07, 6.45) is 1.76. The molecule has 1 amide bonds. The van der Waals surface area contributed by atoms with E-state index in [9.17, 15) is 4.79 Å². The van der Waals surface area contributed by atoms with Crippen LogP contribution in [0.2, 0.25) is 0 Å². The Morgan fingerprint density at radius 2 is 2.26 bits per heavy atom. The van der Waals surface area contributed by atoms with Gasteiger partial charge in [-0.25, -0.2) is 0 Å². The Kier molecular flexibility index (Phi) is 2.49. The number of anilines is 2. The van der Waals surface area contributed by atoms with Crippen molar-refractivity contribution >= 4 is 28.3 Å². The molecule has 2 aromatic heterocycles. The Balaban J connectivity index is 1.91. The highest BCUT2D eigenvalue weighted by molar-refractivity contribution is 6.06. The zero-order valence-corrected chi connectivity index (χ0v) is 10.3. The molecule has 0 saturated heterocycles. The van der Waals surface area contributed by atoms with Crippen molar-refractivity contribution in [3.63, 3.8) is 0 Å². The zero-order chi connectivity index (χ0) is 13.4. The van der Waals surface area contributed by atoms with Crippen LogP contribution in [0.15, 0.2) is 36.5 Å². The number of nitrogens with two attached hydrogens (primary N) is 1. The fraction of sp³-hybridized carbons (Fsp3) is 0.0769. The molecule has 0 bridgehead atoms. The second kappa shape index (κ2) is 4.16.